The van der Waals surface area contributed by atoms with Gasteiger partial charge in [-0.3, -0.25) is 4.99 Å². The highest BCUT2D eigenvalue weighted by Crippen LogP contribution is 2.08. The van der Waals surface area contributed by atoms with Crippen LogP contribution in [0.5, 0.6) is 0 Å². The SMILES string of the molecule is CCNC(=NCCCCN1CCCC1)N(C)Cc1ccccc1.I. The molecule has 0 radical (unpaired) electrons. The van der Waals surface area contributed by atoms with Crippen LogP contribution in [0.4, 0.5) is 0 Å². The van der Waals surface area contributed by atoms with E-state index in [2.05, 4.69) is 59.4 Å². The molecule has 0 spiro atoms. The smallest absolute Gasteiger partial charge is 0.193 e. The number of guanidine groups is 1. The summed E-state index contributed by atoms with van der Waals surface area (Å²) in [6, 6.07) is 10.6. The number of aliphatic imine (C=N–C) groups is 1. The molecule has 0 amide bonds. The fourth-order valence-corrected chi connectivity index (χ4v) is 3.04. The molecule has 136 valence electrons. The molecule has 0 atom stereocenters. The van der Waals surface area contributed by atoms with Crippen LogP contribution < -0.4 is 5.32 Å². The normalized spacial score (nSPS) is 15.2. The van der Waals surface area contributed by atoms with Crippen molar-refractivity contribution < 1.29 is 0 Å². The van der Waals surface area contributed by atoms with Crippen LogP contribution >= 0.6 is 24.0 Å². The Balaban J connectivity index is 0.00000288. The first-order valence-corrected chi connectivity index (χ1v) is 9.05. The van der Waals surface area contributed by atoms with E-state index < -0.39 is 0 Å². The number of rotatable bonds is 8. The molecule has 1 aromatic carbocycles. The van der Waals surface area contributed by atoms with Crippen LogP contribution in [0.3, 0.4) is 0 Å². The Hall–Kier alpha value is -0.820. The fraction of sp³-hybridized carbons (Fsp3) is 0.632. The maximum Gasteiger partial charge on any atom is 0.193 e. The molecule has 2 rings (SSSR count). The lowest BCUT2D eigenvalue weighted by molar-refractivity contribution is 0.331. The lowest BCUT2D eigenvalue weighted by atomic mass is 10.2. The van der Waals surface area contributed by atoms with Gasteiger partial charge < -0.3 is 15.1 Å². The lowest BCUT2D eigenvalue weighted by Gasteiger charge is -2.22. The van der Waals surface area contributed by atoms with Gasteiger partial charge >= 0.3 is 0 Å². The number of hydrogen-bond donors (Lipinski definition) is 1. The number of benzene rings is 1. The van der Waals surface area contributed by atoms with E-state index >= 15 is 0 Å². The molecule has 1 N–H and O–H groups in total. The van der Waals surface area contributed by atoms with Gasteiger partial charge in [-0.2, -0.15) is 0 Å². The first-order chi connectivity index (χ1) is 11.3. The number of nitrogens with one attached hydrogen (secondary N) is 1. The summed E-state index contributed by atoms with van der Waals surface area (Å²) in [5.41, 5.74) is 1.31. The van der Waals surface area contributed by atoms with Crippen LogP contribution in [-0.4, -0.2) is 55.5 Å². The molecule has 5 heteroatoms. The monoisotopic (exact) mass is 444 g/mol. The van der Waals surface area contributed by atoms with Crippen molar-refractivity contribution in [1.29, 1.82) is 0 Å². The van der Waals surface area contributed by atoms with Gasteiger partial charge in [0.25, 0.3) is 0 Å². The molecular formula is C19H33IN4. The summed E-state index contributed by atoms with van der Waals surface area (Å²) in [5.74, 6) is 1.01. The van der Waals surface area contributed by atoms with E-state index in [1.54, 1.807) is 0 Å². The van der Waals surface area contributed by atoms with Crippen LogP contribution in [0, 0.1) is 0 Å². The fourth-order valence-electron chi connectivity index (χ4n) is 3.04. The van der Waals surface area contributed by atoms with Gasteiger partial charge in [-0.25, -0.2) is 0 Å². The minimum atomic E-state index is 0. The average Bonchev–Trinajstić information content (AvgIpc) is 3.08. The maximum absolute atomic E-state index is 4.79. The van der Waals surface area contributed by atoms with Gasteiger partial charge in [0, 0.05) is 26.7 Å². The zero-order valence-electron chi connectivity index (χ0n) is 15.2. The molecular weight excluding hydrogens is 411 g/mol. The number of halogens is 1. The van der Waals surface area contributed by atoms with Crippen LogP contribution in [0.25, 0.3) is 0 Å². The molecule has 1 aliphatic rings. The van der Waals surface area contributed by atoms with E-state index in [4.69, 9.17) is 4.99 Å². The Labute approximate surface area is 164 Å². The van der Waals surface area contributed by atoms with Crippen LogP contribution in [0.15, 0.2) is 35.3 Å². The predicted molar refractivity (Wildman–Crippen MR) is 114 cm³/mol. The molecule has 1 heterocycles. The Morgan fingerprint density at radius 1 is 1.17 bits per heavy atom. The molecule has 1 aromatic rings. The Morgan fingerprint density at radius 3 is 2.54 bits per heavy atom. The highest BCUT2D eigenvalue weighted by molar-refractivity contribution is 14.0. The molecule has 1 fully saturated rings. The van der Waals surface area contributed by atoms with E-state index in [9.17, 15) is 0 Å². The van der Waals surface area contributed by atoms with Crippen molar-refractivity contribution in [3.05, 3.63) is 35.9 Å². The van der Waals surface area contributed by atoms with Gasteiger partial charge in [-0.05, 0) is 57.8 Å². The number of likely N-dealkylation sites (tertiary alicyclic amines) is 1. The summed E-state index contributed by atoms with van der Waals surface area (Å²) >= 11 is 0. The molecule has 0 aliphatic carbocycles. The predicted octanol–water partition coefficient (Wildman–Crippen LogP) is 3.58. The minimum Gasteiger partial charge on any atom is -0.357 e. The molecule has 0 unspecified atom stereocenters. The van der Waals surface area contributed by atoms with Gasteiger partial charge in [0.2, 0.25) is 0 Å². The Bertz CT molecular complexity index is 458. The molecule has 1 saturated heterocycles. The van der Waals surface area contributed by atoms with Crippen molar-refractivity contribution in [3.63, 3.8) is 0 Å². The molecule has 24 heavy (non-hydrogen) atoms. The minimum absolute atomic E-state index is 0. The highest BCUT2D eigenvalue weighted by Gasteiger charge is 2.10. The van der Waals surface area contributed by atoms with E-state index in [-0.39, 0.29) is 24.0 Å². The van der Waals surface area contributed by atoms with Crippen molar-refractivity contribution in [2.45, 2.75) is 39.2 Å². The summed E-state index contributed by atoms with van der Waals surface area (Å²) in [6.07, 6.45) is 5.19. The number of unbranched alkanes of at least 4 members (excludes halogenated alkanes) is 1. The van der Waals surface area contributed by atoms with Crippen LogP contribution in [-0.2, 0) is 6.54 Å². The van der Waals surface area contributed by atoms with Crippen LogP contribution in [0.1, 0.15) is 38.2 Å². The van der Waals surface area contributed by atoms with Gasteiger partial charge in [0.15, 0.2) is 5.96 Å². The zero-order chi connectivity index (χ0) is 16.3. The van der Waals surface area contributed by atoms with E-state index in [0.717, 1.165) is 25.6 Å². The second-order valence-electron chi connectivity index (χ2n) is 6.33. The first-order valence-electron chi connectivity index (χ1n) is 9.05. The van der Waals surface area contributed by atoms with Gasteiger partial charge in [0.1, 0.15) is 0 Å². The summed E-state index contributed by atoms with van der Waals surface area (Å²) < 4.78 is 0. The summed E-state index contributed by atoms with van der Waals surface area (Å²) in [4.78, 5) is 9.57. The summed E-state index contributed by atoms with van der Waals surface area (Å²) in [6.45, 7) is 8.67. The zero-order valence-corrected chi connectivity index (χ0v) is 17.5. The standard InChI is InChI=1S/C19H32N4.HI/c1-3-20-19(22(2)17-18-11-5-4-6-12-18)21-13-7-8-14-23-15-9-10-16-23;/h4-6,11-12H,3,7-10,13-17H2,1-2H3,(H,20,21);1H. The molecule has 0 bridgehead atoms. The van der Waals surface area contributed by atoms with Crippen molar-refractivity contribution in [2.75, 3.05) is 39.8 Å². The summed E-state index contributed by atoms with van der Waals surface area (Å²) in [5, 5.41) is 3.40. The van der Waals surface area contributed by atoms with Crippen molar-refractivity contribution in [3.8, 4) is 0 Å². The quantitative estimate of drug-likeness (QED) is 0.288. The van der Waals surface area contributed by atoms with E-state index in [0.29, 0.717) is 0 Å². The van der Waals surface area contributed by atoms with Crippen LogP contribution in [0.2, 0.25) is 0 Å². The maximum atomic E-state index is 4.79. The van der Waals surface area contributed by atoms with Crippen molar-refractivity contribution >= 4 is 29.9 Å². The van der Waals surface area contributed by atoms with Gasteiger partial charge in [-0.1, -0.05) is 30.3 Å². The molecule has 4 nitrogen and oxygen atoms in total. The third-order valence-electron chi connectivity index (χ3n) is 4.30. The Kier molecular flexibility index (Phi) is 11.1. The largest absolute Gasteiger partial charge is 0.357 e. The number of nitrogens with zero attached hydrogens (tertiary/aromatic N) is 3. The van der Waals surface area contributed by atoms with Crippen molar-refractivity contribution in [1.82, 2.24) is 15.1 Å². The molecule has 0 saturated carbocycles. The third kappa shape index (κ3) is 7.83. The van der Waals surface area contributed by atoms with Gasteiger partial charge in [0.05, 0.1) is 0 Å². The second-order valence-corrected chi connectivity index (χ2v) is 6.33. The van der Waals surface area contributed by atoms with Crippen molar-refractivity contribution in [2.24, 2.45) is 4.99 Å². The van der Waals surface area contributed by atoms with E-state index in [1.165, 1.54) is 50.9 Å². The average molecular weight is 444 g/mol. The van der Waals surface area contributed by atoms with Gasteiger partial charge in [-0.15, -0.1) is 24.0 Å². The molecule has 0 aromatic heterocycles. The summed E-state index contributed by atoms with van der Waals surface area (Å²) in [7, 11) is 2.11. The lowest BCUT2D eigenvalue weighted by Crippen LogP contribution is -2.38. The second kappa shape index (κ2) is 12.5. The topological polar surface area (TPSA) is 30.9 Å². The third-order valence-corrected chi connectivity index (χ3v) is 4.30. The molecule has 1 aliphatic heterocycles. The highest BCUT2D eigenvalue weighted by atomic mass is 127. The Morgan fingerprint density at radius 2 is 1.88 bits per heavy atom. The van der Waals surface area contributed by atoms with E-state index in [1.807, 2.05) is 0 Å². The first kappa shape index (κ1) is 21.2. The number of hydrogen-bond acceptors (Lipinski definition) is 2.